The molecule has 3 aromatic rings. The van der Waals surface area contributed by atoms with E-state index in [1.807, 2.05) is 43.0 Å². The summed E-state index contributed by atoms with van der Waals surface area (Å²) in [7, 11) is 0. The molecule has 3 heterocycles. The van der Waals surface area contributed by atoms with Crippen molar-refractivity contribution < 1.29 is 9.32 Å². The molecule has 2 aromatic heterocycles. The fraction of sp³-hybridized carbons (Fsp3) is 0.500. The number of aromatic nitrogens is 4. The largest absolute Gasteiger partial charge is 0.341 e. The number of nitrogens with zero attached hydrogens (tertiary/aromatic N) is 5. The summed E-state index contributed by atoms with van der Waals surface area (Å²) < 4.78 is 5.22. The van der Waals surface area contributed by atoms with Crippen LogP contribution in [0.4, 0.5) is 0 Å². The minimum atomic E-state index is 0.146. The van der Waals surface area contributed by atoms with Crippen molar-refractivity contribution in [1.29, 1.82) is 0 Å². The van der Waals surface area contributed by atoms with Crippen molar-refractivity contribution >= 4 is 16.9 Å². The molecule has 1 aliphatic rings. The number of hydrogen-bond acceptors (Lipinski definition) is 6. The van der Waals surface area contributed by atoms with E-state index in [1.54, 1.807) is 0 Å². The molecule has 8 heteroatoms. The highest BCUT2D eigenvalue weighted by Crippen LogP contribution is 2.14. The summed E-state index contributed by atoms with van der Waals surface area (Å²) in [5.74, 6) is 2.58. The molecule has 0 aliphatic carbocycles. The first-order valence-electron chi connectivity index (χ1n) is 9.84. The highest BCUT2D eigenvalue weighted by Gasteiger charge is 2.22. The number of amides is 1. The maximum absolute atomic E-state index is 12.5. The molecule has 1 amide bonds. The number of benzene rings is 1. The predicted octanol–water partition coefficient (Wildman–Crippen LogP) is 2.35. The van der Waals surface area contributed by atoms with Crippen LogP contribution in [-0.2, 0) is 17.8 Å². The number of carbonyl (C=O) groups is 1. The molecule has 1 aromatic carbocycles. The minimum Gasteiger partial charge on any atom is -0.341 e. The molecule has 0 unspecified atom stereocenters. The monoisotopic (exact) mass is 382 g/mol. The summed E-state index contributed by atoms with van der Waals surface area (Å²) >= 11 is 0. The summed E-state index contributed by atoms with van der Waals surface area (Å²) in [6.45, 7) is 7.98. The summed E-state index contributed by atoms with van der Waals surface area (Å²) in [6, 6.07) is 8.05. The van der Waals surface area contributed by atoms with Gasteiger partial charge in [0.15, 0.2) is 5.82 Å². The van der Waals surface area contributed by atoms with Crippen LogP contribution in [-0.4, -0.2) is 62.0 Å². The van der Waals surface area contributed by atoms with Gasteiger partial charge < -0.3 is 14.4 Å². The second-order valence-electron chi connectivity index (χ2n) is 7.56. The van der Waals surface area contributed by atoms with Crippen LogP contribution in [0, 0.1) is 0 Å². The van der Waals surface area contributed by atoms with Gasteiger partial charge in [0.2, 0.25) is 11.8 Å². The van der Waals surface area contributed by atoms with Crippen LogP contribution < -0.4 is 0 Å². The number of aromatic amines is 1. The SMILES string of the molecule is CC(C)c1noc(CCC(=O)N2CCN(Cc3nc4ccccc4[nH]3)CC2)n1. The van der Waals surface area contributed by atoms with E-state index < -0.39 is 0 Å². The fourth-order valence-electron chi connectivity index (χ4n) is 3.42. The lowest BCUT2D eigenvalue weighted by atomic mass is 10.2. The Labute approximate surface area is 163 Å². The van der Waals surface area contributed by atoms with Crippen LogP contribution in [0.25, 0.3) is 11.0 Å². The van der Waals surface area contributed by atoms with Gasteiger partial charge >= 0.3 is 0 Å². The van der Waals surface area contributed by atoms with Gasteiger partial charge in [-0.3, -0.25) is 9.69 Å². The van der Waals surface area contributed by atoms with Gasteiger partial charge in [0.1, 0.15) is 5.82 Å². The molecule has 0 bridgehead atoms. The number of aryl methyl sites for hydroxylation is 1. The maximum Gasteiger partial charge on any atom is 0.227 e. The standard InChI is InChI=1S/C20H26N6O2/c1-14(2)20-23-18(28-24-20)7-8-19(27)26-11-9-25(10-12-26)13-17-21-15-5-3-4-6-16(15)22-17/h3-6,14H,7-13H2,1-2H3,(H,21,22). The van der Waals surface area contributed by atoms with Crippen LogP contribution in [0.1, 0.15) is 43.7 Å². The molecule has 0 atom stereocenters. The van der Waals surface area contributed by atoms with Gasteiger partial charge in [-0.25, -0.2) is 4.98 Å². The Morgan fingerprint density at radius 3 is 2.68 bits per heavy atom. The van der Waals surface area contributed by atoms with Crippen LogP contribution >= 0.6 is 0 Å². The molecular formula is C20H26N6O2. The normalized spacial score (nSPS) is 15.6. The zero-order chi connectivity index (χ0) is 19.5. The number of para-hydroxylation sites is 2. The number of carbonyl (C=O) groups excluding carboxylic acids is 1. The zero-order valence-corrected chi connectivity index (χ0v) is 16.4. The van der Waals surface area contributed by atoms with Gasteiger partial charge in [-0.15, -0.1) is 0 Å². The molecular weight excluding hydrogens is 356 g/mol. The quantitative estimate of drug-likeness (QED) is 0.704. The molecule has 1 N–H and O–H groups in total. The third-order valence-electron chi connectivity index (χ3n) is 5.09. The number of rotatable bonds is 6. The molecule has 0 radical (unpaired) electrons. The van der Waals surface area contributed by atoms with Gasteiger partial charge in [-0.2, -0.15) is 4.98 Å². The second-order valence-corrected chi connectivity index (χ2v) is 7.56. The molecule has 1 aliphatic heterocycles. The molecule has 28 heavy (non-hydrogen) atoms. The highest BCUT2D eigenvalue weighted by molar-refractivity contribution is 5.76. The van der Waals surface area contributed by atoms with Crippen LogP contribution in [0.2, 0.25) is 0 Å². The number of imidazole rings is 1. The summed E-state index contributed by atoms with van der Waals surface area (Å²) in [6.07, 6.45) is 0.904. The molecule has 4 rings (SSSR count). The second kappa shape index (κ2) is 8.10. The Bertz CT molecular complexity index is 906. The minimum absolute atomic E-state index is 0.146. The van der Waals surface area contributed by atoms with Crippen molar-refractivity contribution in [2.45, 2.75) is 39.2 Å². The van der Waals surface area contributed by atoms with E-state index in [9.17, 15) is 4.79 Å². The highest BCUT2D eigenvalue weighted by atomic mass is 16.5. The average Bonchev–Trinajstić information content (AvgIpc) is 3.33. The Hall–Kier alpha value is -2.74. The van der Waals surface area contributed by atoms with E-state index in [-0.39, 0.29) is 11.8 Å². The first-order valence-corrected chi connectivity index (χ1v) is 9.84. The van der Waals surface area contributed by atoms with E-state index in [0.717, 1.165) is 49.6 Å². The molecule has 0 spiro atoms. The Morgan fingerprint density at radius 2 is 1.96 bits per heavy atom. The van der Waals surface area contributed by atoms with Crippen molar-refractivity contribution in [2.24, 2.45) is 0 Å². The summed E-state index contributed by atoms with van der Waals surface area (Å²) in [4.78, 5) is 29.1. The lowest BCUT2D eigenvalue weighted by Crippen LogP contribution is -2.48. The summed E-state index contributed by atoms with van der Waals surface area (Å²) in [5.41, 5.74) is 2.06. The lowest BCUT2D eigenvalue weighted by Gasteiger charge is -2.34. The molecule has 1 saturated heterocycles. The number of piperazine rings is 1. The topological polar surface area (TPSA) is 91.2 Å². The Kier molecular flexibility index (Phi) is 5.38. The third kappa shape index (κ3) is 4.22. The molecule has 148 valence electrons. The van der Waals surface area contributed by atoms with E-state index >= 15 is 0 Å². The lowest BCUT2D eigenvalue weighted by molar-refractivity contribution is -0.133. The zero-order valence-electron chi connectivity index (χ0n) is 16.4. The Balaban J connectivity index is 1.24. The van der Waals surface area contributed by atoms with Crippen molar-refractivity contribution in [3.05, 3.63) is 41.8 Å². The van der Waals surface area contributed by atoms with Crippen LogP contribution in [0.15, 0.2) is 28.8 Å². The van der Waals surface area contributed by atoms with Gasteiger partial charge in [0.25, 0.3) is 0 Å². The third-order valence-corrected chi connectivity index (χ3v) is 5.09. The maximum atomic E-state index is 12.5. The van der Waals surface area contributed by atoms with Crippen molar-refractivity contribution in [1.82, 2.24) is 29.9 Å². The van der Waals surface area contributed by atoms with Crippen LogP contribution in [0.5, 0.6) is 0 Å². The van der Waals surface area contributed by atoms with Crippen molar-refractivity contribution in [2.75, 3.05) is 26.2 Å². The predicted molar refractivity (Wildman–Crippen MR) is 105 cm³/mol. The number of fused-ring (bicyclic) bond motifs is 1. The van der Waals surface area contributed by atoms with Gasteiger partial charge in [0.05, 0.1) is 17.6 Å². The average molecular weight is 382 g/mol. The van der Waals surface area contributed by atoms with E-state index in [0.29, 0.717) is 24.6 Å². The fourth-order valence-corrected chi connectivity index (χ4v) is 3.42. The van der Waals surface area contributed by atoms with Crippen LogP contribution in [0.3, 0.4) is 0 Å². The molecule has 1 fully saturated rings. The van der Waals surface area contributed by atoms with Gasteiger partial charge in [0, 0.05) is 44.9 Å². The van der Waals surface area contributed by atoms with Crippen molar-refractivity contribution in [3.8, 4) is 0 Å². The van der Waals surface area contributed by atoms with Gasteiger partial charge in [-0.1, -0.05) is 31.1 Å². The van der Waals surface area contributed by atoms with E-state index in [2.05, 4.69) is 25.0 Å². The number of nitrogens with one attached hydrogen (secondary N) is 1. The molecule has 8 nitrogen and oxygen atoms in total. The van der Waals surface area contributed by atoms with Gasteiger partial charge in [-0.05, 0) is 12.1 Å². The number of hydrogen-bond donors (Lipinski definition) is 1. The van der Waals surface area contributed by atoms with E-state index in [4.69, 9.17) is 4.52 Å². The molecule has 0 saturated carbocycles. The number of H-pyrrole nitrogens is 1. The first-order chi connectivity index (χ1) is 13.6. The first kappa shape index (κ1) is 18.6. The summed E-state index contributed by atoms with van der Waals surface area (Å²) in [5, 5.41) is 3.95. The van der Waals surface area contributed by atoms with Crippen molar-refractivity contribution in [3.63, 3.8) is 0 Å². The smallest absolute Gasteiger partial charge is 0.227 e. The Morgan fingerprint density at radius 1 is 1.18 bits per heavy atom. The van der Waals surface area contributed by atoms with E-state index in [1.165, 1.54) is 0 Å².